The molecule has 2 N–H and O–H groups in total. The largest absolute Gasteiger partial charge is 0.478 e. The van der Waals surface area contributed by atoms with Crippen molar-refractivity contribution >= 4 is 29.2 Å². The van der Waals surface area contributed by atoms with Gasteiger partial charge >= 0.3 is 5.97 Å². The van der Waals surface area contributed by atoms with E-state index in [1.54, 1.807) is 18.2 Å². The number of carbonyl (C=O) groups excluding carboxylic acids is 1. The Morgan fingerprint density at radius 3 is 2.53 bits per heavy atom. The Labute approximate surface area is 202 Å². The summed E-state index contributed by atoms with van der Waals surface area (Å²) < 4.78 is 14.7. The van der Waals surface area contributed by atoms with Gasteiger partial charge in [0.25, 0.3) is 5.91 Å². The summed E-state index contributed by atoms with van der Waals surface area (Å²) in [4.78, 5) is 26.6. The van der Waals surface area contributed by atoms with Crippen molar-refractivity contribution in [3.05, 3.63) is 99.3 Å². The van der Waals surface area contributed by atoms with Crippen molar-refractivity contribution in [3.63, 3.8) is 0 Å². The SMILES string of the molecule is C[C@H](NC(=O)c1cc(F)cc2c1N(Cc1cccc(Cl)c1)CC21CC1)c1ccc(C(=O)O)cc1. The van der Waals surface area contributed by atoms with Crippen molar-refractivity contribution in [1.82, 2.24) is 5.32 Å². The molecule has 1 aliphatic carbocycles. The summed E-state index contributed by atoms with van der Waals surface area (Å²) >= 11 is 6.18. The maximum atomic E-state index is 14.7. The van der Waals surface area contributed by atoms with E-state index in [1.807, 2.05) is 31.2 Å². The zero-order valence-corrected chi connectivity index (χ0v) is 19.4. The molecule has 1 spiro atoms. The number of hydrogen-bond acceptors (Lipinski definition) is 3. The van der Waals surface area contributed by atoms with Gasteiger partial charge in [-0.2, -0.15) is 0 Å². The van der Waals surface area contributed by atoms with Gasteiger partial charge in [0.1, 0.15) is 5.82 Å². The molecule has 0 radical (unpaired) electrons. The summed E-state index contributed by atoms with van der Waals surface area (Å²) in [5.41, 5.74) is 3.87. The maximum absolute atomic E-state index is 14.7. The molecule has 2 aliphatic rings. The zero-order valence-electron chi connectivity index (χ0n) is 18.6. The molecule has 1 heterocycles. The van der Waals surface area contributed by atoms with E-state index < -0.39 is 11.8 Å². The van der Waals surface area contributed by atoms with Crippen LogP contribution >= 0.6 is 11.6 Å². The summed E-state index contributed by atoms with van der Waals surface area (Å²) in [6.45, 7) is 3.14. The number of carbonyl (C=O) groups is 2. The van der Waals surface area contributed by atoms with Crippen molar-refractivity contribution in [2.45, 2.75) is 37.8 Å². The van der Waals surface area contributed by atoms with E-state index in [4.69, 9.17) is 16.7 Å². The maximum Gasteiger partial charge on any atom is 0.335 e. The first-order chi connectivity index (χ1) is 16.3. The van der Waals surface area contributed by atoms with E-state index >= 15 is 0 Å². The highest BCUT2D eigenvalue weighted by Gasteiger charge is 2.53. The van der Waals surface area contributed by atoms with Gasteiger partial charge in [0, 0.05) is 23.5 Å². The van der Waals surface area contributed by atoms with Crippen LogP contribution in [-0.2, 0) is 12.0 Å². The Morgan fingerprint density at radius 1 is 1.15 bits per heavy atom. The summed E-state index contributed by atoms with van der Waals surface area (Å²) in [5, 5.41) is 12.7. The fourth-order valence-electron chi connectivity index (χ4n) is 4.89. The van der Waals surface area contributed by atoms with Gasteiger partial charge in [-0.1, -0.05) is 35.9 Å². The molecule has 1 fully saturated rings. The second-order valence-corrected chi connectivity index (χ2v) is 9.67. The van der Waals surface area contributed by atoms with Gasteiger partial charge in [-0.15, -0.1) is 0 Å². The molecule has 3 aromatic rings. The first-order valence-electron chi connectivity index (χ1n) is 11.2. The molecule has 0 aromatic heterocycles. The number of carboxylic acid groups (broad SMARTS) is 1. The van der Waals surface area contributed by atoms with Crippen LogP contribution in [0.3, 0.4) is 0 Å². The minimum atomic E-state index is -1.01. The van der Waals surface area contributed by atoms with Gasteiger partial charge in [0.2, 0.25) is 0 Å². The molecule has 1 saturated carbocycles. The van der Waals surface area contributed by atoms with Gasteiger partial charge in [0.05, 0.1) is 22.9 Å². The first-order valence-corrected chi connectivity index (χ1v) is 11.6. The van der Waals surface area contributed by atoms with Gasteiger partial charge < -0.3 is 15.3 Å². The third-order valence-corrected chi connectivity index (χ3v) is 7.06. The molecule has 3 aromatic carbocycles. The van der Waals surface area contributed by atoms with Gasteiger partial charge in [-0.3, -0.25) is 4.79 Å². The van der Waals surface area contributed by atoms with Crippen LogP contribution in [0.15, 0.2) is 60.7 Å². The molecular weight excluding hydrogens is 455 g/mol. The van der Waals surface area contributed by atoms with E-state index in [-0.39, 0.29) is 22.9 Å². The van der Waals surface area contributed by atoms with Crippen LogP contribution in [0.25, 0.3) is 0 Å². The minimum absolute atomic E-state index is 0.0939. The average Bonchev–Trinajstić information content (AvgIpc) is 3.52. The number of rotatable bonds is 6. The molecule has 0 saturated heterocycles. The lowest BCUT2D eigenvalue weighted by Gasteiger charge is -2.23. The summed E-state index contributed by atoms with van der Waals surface area (Å²) in [6, 6.07) is 16.5. The standard InChI is InChI=1S/C27H24ClFN2O3/c1-16(18-5-7-19(8-6-18)26(33)34)30-25(32)22-12-21(29)13-23-24(22)31(15-27(23)9-10-27)14-17-3-2-4-20(28)11-17/h2-8,11-13,16H,9-10,14-15H2,1H3,(H,30,32)(H,33,34)/t16-/m0/s1. The van der Waals surface area contributed by atoms with E-state index in [0.717, 1.165) is 41.8 Å². The smallest absolute Gasteiger partial charge is 0.335 e. The Bertz CT molecular complexity index is 1290. The van der Waals surface area contributed by atoms with E-state index in [9.17, 15) is 14.0 Å². The number of nitrogens with one attached hydrogen (secondary N) is 1. The van der Waals surface area contributed by atoms with E-state index in [1.165, 1.54) is 18.2 Å². The number of benzene rings is 3. The highest BCUT2D eigenvalue weighted by molar-refractivity contribution is 6.30. The van der Waals surface area contributed by atoms with Crippen molar-refractivity contribution in [2.75, 3.05) is 11.4 Å². The predicted octanol–water partition coefficient (Wildman–Crippen LogP) is 5.72. The molecule has 1 aliphatic heterocycles. The van der Waals surface area contributed by atoms with Crippen LogP contribution in [0.1, 0.15) is 63.2 Å². The van der Waals surface area contributed by atoms with Crippen molar-refractivity contribution in [3.8, 4) is 0 Å². The van der Waals surface area contributed by atoms with Gasteiger partial charge in [-0.25, -0.2) is 9.18 Å². The number of hydrogen-bond donors (Lipinski definition) is 2. The number of aromatic carboxylic acids is 1. The average molecular weight is 479 g/mol. The lowest BCUT2D eigenvalue weighted by Crippen LogP contribution is -2.30. The Hall–Kier alpha value is -3.38. The Morgan fingerprint density at radius 2 is 1.88 bits per heavy atom. The summed E-state index contributed by atoms with van der Waals surface area (Å²) in [5.74, 6) is -1.79. The van der Waals surface area contributed by atoms with Gasteiger partial charge in [-0.05, 0) is 72.9 Å². The first kappa shape index (κ1) is 22.4. The van der Waals surface area contributed by atoms with Crippen LogP contribution in [0.2, 0.25) is 5.02 Å². The molecule has 7 heteroatoms. The Kier molecular flexibility index (Phi) is 5.56. The molecular formula is C27H24ClFN2O3. The number of nitrogens with zero attached hydrogens (tertiary/aromatic N) is 1. The summed E-state index contributed by atoms with van der Waals surface area (Å²) in [7, 11) is 0. The molecule has 34 heavy (non-hydrogen) atoms. The molecule has 0 bridgehead atoms. The number of amides is 1. The fraction of sp³-hybridized carbons (Fsp3) is 0.259. The molecule has 1 amide bonds. The van der Waals surface area contributed by atoms with Crippen molar-refractivity contribution in [1.29, 1.82) is 0 Å². The van der Waals surface area contributed by atoms with E-state index in [0.29, 0.717) is 17.1 Å². The highest BCUT2D eigenvalue weighted by Crippen LogP contribution is 2.57. The predicted molar refractivity (Wildman–Crippen MR) is 129 cm³/mol. The molecule has 0 unspecified atom stereocenters. The topological polar surface area (TPSA) is 69.6 Å². The third-order valence-electron chi connectivity index (χ3n) is 6.82. The number of carboxylic acids is 1. The second-order valence-electron chi connectivity index (χ2n) is 9.24. The quantitative estimate of drug-likeness (QED) is 0.475. The van der Waals surface area contributed by atoms with Crippen LogP contribution in [0.4, 0.5) is 10.1 Å². The van der Waals surface area contributed by atoms with Crippen LogP contribution in [0.5, 0.6) is 0 Å². The Balaban J connectivity index is 1.45. The lowest BCUT2D eigenvalue weighted by atomic mass is 9.95. The second kappa shape index (κ2) is 8.44. The molecule has 174 valence electrons. The third kappa shape index (κ3) is 4.14. The van der Waals surface area contributed by atoms with Crippen molar-refractivity contribution < 1.29 is 19.1 Å². The van der Waals surface area contributed by atoms with Crippen LogP contribution < -0.4 is 10.2 Å². The lowest BCUT2D eigenvalue weighted by molar-refractivity contribution is 0.0696. The molecule has 5 rings (SSSR count). The minimum Gasteiger partial charge on any atom is -0.478 e. The zero-order chi connectivity index (χ0) is 24.0. The molecule has 5 nitrogen and oxygen atoms in total. The monoisotopic (exact) mass is 478 g/mol. The van der Waals surface area contributed by atoms with Gasteiger partial charge in [0.15, 0.2) is 0 Å². The number of anilines is 1. The van der Waals surface area contributed by atoms with Crippen LogP contribution in [-0.4, -0.2) is 23.5 Å². The van der Waals surface area contributed by atoms with E-state index in [2.05, 4.69) is 10.2 Å². The highest BCUT2D eigenvalue weighted by atomic mass is 35.5. The normalized spacial score (nSPS) is 16.3. The van der Waals surface area contributed by atoms with Crippen LogP contribution in [0, 0.1) is 5.82 Å². The fourth-order valence-corrected chi connectivity index (χ4v) is 5.10. The van der Waals surface area contributed by atoms with Crippen molar-refractivity contribution in [2.24, 2.45) is 0 Å². The number of halogens is 2. The number of fused-ring (bicyclic) bond motifs is 2. The summed E-state index contributed by atoms with van der Waals surface area (Å²) in [6.07, 6.45) is 1.95. The molecule has 1 atom stereocenters.